The monoisotopic (exact) mass is 822 g/mol. The van der Waals surface area contributed by atoms with E-state index in [0.717, 1.165) is 63.4 Å². The number of ketones is 1. The molecule has 1 aromatic rings. The highest BCUT2D eigenvalue weighted by Gasteiger charge is 2.38. The number of carbonyl (C=O) groups excluding carboxylic acids is 1. The number of hydrogen-bond donors (Lipinski definition) is 1. The second kappa shape index (κ2) is 29.2. The zero-order valence-corrected chi connectivity index (χ0v) is 37.8. The van der Waals surface area contributed by atoms with Gasteiger partial charge >= 0.3 is 0 Å². The minimum absolute atomic E-state index is 0.0361. The Morgan fingerprint density at radius 2 is 1.16 bits per heavy atom. The lowest BCUT2D eigenvalue weighted by Gasteiger charge is -2.23. The molecule has 1 aliphatic heterocycles. The number of aliphatic hydroxyl groups excluding tert-OH is 1. The van der Waals surface area contributed by atoms with Crippen molar-refractivity contribution in [2.75, 3.05) is 12.4 Å². The summed E-state index contributed by atoms with van der Waals surface area (Å²) in [7, 11) is -3.71. The van der Waals surface area contributed by atoms with Crippen molar-refractivity contribution in [3.8, 4) is 5.75 Å². The molecular weight excluding hydrogens is 743 g/mol. The average molecular weight is 822 g/mol. The Morgan fingerprint density at radius 3 is 1.62 bits per heavy atom. The maximum atomic E-state index is 13.3. The van der Waals surface area contributed by atoms with Crippen molar-refractivity contribution in [3.63, 3.8) is 0 Å². The predicted octanol–water partition coefficient (Wildman–Crippen LogP) is 13.9. The lowest BCUT2D eigenvalue weighted by Crippen LogP contribution is -2.24. The summed E-state index contributed by atoms with van der Waals surface area (Å²) in [6, 6.07) is 1.77. The van der Waals surface area contributed by atoms with Crippen molar-refractivity contribution < 1.29 is 23.1 Å². The second-order valence-corrected chi connectivity index (χ2v) is 18.6. The minimum Gasteiger partial charge on any atom is -0.506 e. The third kappa shape index (κ3) is 18.9. The normalized spacial score (nSPS) is 16.8. The topological polar surface area (TPSA) is 118 Å². The fourth-order valence-corrected chi connectivity index (χ4v) is 9.44. The number of aliphatic hydroxyl groups is 1. The van der Waals surface area contributed by atoms with E-state index in [4.69, 9.17) is 4.74 Å². The summed E-state index contributed by atoms with van der Waals surface area (Å²) in [6.07, 6.45) is 40.7. The molecule has 1 unspecified atom stereocenters. The SMILES string of the molecule is CCCCCCCCCCCCCCCCCCOc1cnc(C2=C(O)C(=C3C=CC(=NS(=O)(=O)CC(CCCCCC)CCCCCCCC)C=N3)C2=O)cc1C. The number of aromatic nitrogens is 1. The van der Waals surface area contributed by atoms with Crippen LogP contribution in [0.5, 0.6) is 5.75 Å². The summed E-state index contributed by atoms with van der Waals surface area (Å²) < 4.78 is 36.5. The van der Waals surface area contributed by atoms with Crippen molar-refractivity contribution in [1.29, 1.82) is 0 Å². The average Bonchev–Trinajstić information content (AvgIpc) is 3.20. The van der Waals surface area contributed by atoms with Crippen LogP contribution >= 0.6 is 0 Å². The first kappa shape index (κ1) is 49.3. The molecule has 0 aromatic carbocycles. The molecule has 0 bridgehead atoms. The Morgan fingerprint density at radius 1 is 0.672 bits per heavy atom. The molecule has 1 atom stereocenters. The van der Waals surface area contributed by atoms with Crippen LogP contribution < -0.4 is 4.74 Å². The second-order valence-electron chi connectivity index (χ2n) is 16.9. The first-order chi connectivity index (χ1) is 28.2. The molecule has 0 saturated carbocycles. The molecule has 8 nitrogen and oxygen atoms in total. The van der Waals surface area contributed by atoms with Gasteiger partial charge in [-0.05, 0) is 55.9 Å². The molecule has 2 heterocycles. The van der Waals surface area contributed by atoms with Gasteiger partial charge in [-0.2, -0.15) is 4.40 Å². The fraction of sp³-hybridized carbons (Fsp3) is 0.714. The first-order valence-electron chi connectivity index (χ1n) is 23.6. The van der Waals surface area contributed by atoms with Crippen LogP contribution in [0.25, 0.3) is 5.57 Å². The summed E-state index contributed by atoms with van der Waals surface area (Å²) in [5, 5.41) is 11.0. The Hall–Kier alpha value is -3.07. The van der Waals surface area contributed by atoms with E-state index in [0.29, 0.717) is 18.1 Å². The maximum Gasteiger partial charge on any atom is 0.253 e. The van der Waals surface area contributed by atoms with Crippen molar-refractivity contribution in [2.24, 2.45) is 15.3 Å². The zero-order valence-electron chi connectivity index (χ0n) is 37.0. The number of allylic oxidation sites excluding steroid dienone is 4. The Balaban J connectivity index is 1.41. The van der Waals surface area contributed by atoms with E-state index in [1.165, 1.54) is 128 Å². The van der Waals surface area contributed by atoms with Gasteiger partial charge in [0, 0.05) is 0 Å². The Bertz CT molecular complexity index is 1610. The van der Waals surface area contributed by atoms with Crippen molar-refractivity contribution in [3.05, 3.63) is 52.7 Å². The number of ether oxygens (including phenoxy) is 1. The molecule has 1 aromatic heterocycles. The van der Waals surface area contributed by atoms with Gasteiger partial charge in [-0.3, -0.25) is 14.8 Å². The molecule has 3 rings (SSSR count). The number of nitrogens with zero attached hydrogens (tertiary/aromatic N) is 3. The van der Waals surface area contributed by atoms with E-state index in [1.54, 1.807) is 24.4 Å². The molecule has 0 amide bonds. The lowest BCUT2D eigenvalue weighted by molar-refractivity contribution is -0.111. The molecule has 0 spiro atoms. The van der Waals surface area contributed by atoms with E-state index < -0.39 is 10.0 Å². The lowest BCUT2D eigenvalue weighted by atomic mass is 9.83. The first-order valence-corrected chi connectivity index (χ1v) is 25.2. The summed E-state index contributed by atoms with van der Waals surface area (Å²) in [4.78, 5) is 22.0. The molecule has 1 aliphatic carbocycles. The number of sulfonamides is 1. The van der Waals surface area contributed by atoms with E-state index in [2.05, 4.69) is 35.1 Å². The van der Waals surface area contributed by atoms with Crippen LogP contribution in [0.2, 0.25) is 0 Å². The van der Waals surface area contributed by atoms with Gasteiger partial charge in [-0.1, -0.05) is 181 Å². The van der Waals surface area contributed by atoms with Gasteiger partial charge in [-0.25, -0.2) is 8.42 Å². The highest BCUT2D eigenvalue weighted by atomic mass is 32.2. The largest absolute Gasteiger partial charge is 0.506 e. The van der Waals surface area contributed by atoms with Crippen molar-refractivity contribution in [1.82, 2.24) is 4.98 Å². The van der Waals surface area contributed by atoms with Crippen LogP contribution in [-0.4, -0.2) is 48.6 Å². The summed E-state index contributed by atoms with van der Waals surface area (Å²) >= 11 is 0. The quantitative estimate of drug-likeness (QED) is 0.0546. The van der Waals surface area contributed by atoms with Crippen LogP contribution in [-0.2, 0) is 14.8 Å². The van der Waals surface area contributed by atoms with Gasteiger partial charge in [0.2, 0.25) is 5.78 Å². The van der Waals surface area contributed by atoms with Crippen LogP contribution in [0, 0.1) is 12.8 Å². The number of aliphatic imine (C=N–C) groups is 1. The molecule has 0 fully saturated rings. The number of hydrogen-bond acceptors (Lipinski definition) is 7. The maximum absolute atomic E-state index is 13.3. The molecule has 0 saturated heterocycles. The molecule has 2 aliphatic rings. The van der Waals surface area contributed by atoms with Gasteiger partial charge in [0.15, 0.2) is 0 Å². The summed E-state index contributed by atoms with van der Waals surface area (Å²) in [6.45, 7) is 9.21. The minimum atomic E-state index is -3.71. The standard InChI is InChI=1S/C49H79N3O5S/c1-5-8-11-14-16-17-18-19-20-21-22-23-24-25-27-30-35-57-45-38-51-44(36-40(45)4)47-48(53)46(49(47)54)43-34-33-42(37-50-43)52-58(55,56)39-41(31-28-13-10-7-3)32-29-26-15-12-9-6-2/h33-34,36-38,41,53H,5-32,35,39H2,1-4H3. The number of dihydropyridines is 1. The predicted molar refractivity (Wildman–Crippen MR) is 245 cm³/mol. The van der Waals surface area contributed by atoms with Crippen LogP contribution in [0.4, 0.5) is 0 Å². The fourth-order valence-electron chi connectivity index (χ4n) is 8.01. The molecule has 9 heteroatoms. The highest BCUT2D eigenvalue weighted by molar-refractivity contribution is 7.90. The number of Topliss-reactive ketones (excluding diaryl/α,β-unsaturated/α-hetero) is 1. The van der Waals surface area contributed by atoms with Crippen molar-refractivity contribution >= 4 is 33.3 Å². The molecule has 0 radical (unpaired) electrons. The number of unbranched alkanes of at least 4 members (excludes halogenated alkanes) is 23. The van der Waals surface area contributed by atoms with Gasteiger partial charge in [0.05, 0.1) is 53.0 Å². The summed E-state index contributed by atoms with van der Waals surface area (Å²) in [5.74, 6) is 0.297. The number of rotatable bonds is 34. The third-order valence-corrected chi connectivity index (χ3v) is 13.0. The third-order valence-electron chi connectivity index (χ3n) is 11.6. The van der Waals surface area contributed by atoms with E-state index in [1.807, 2.05) is 6.92 Å². The van der Waals surface area contributed by atoms with E-state index in [9.17, 15) is 18.3 Å². The van der Waals surface area contributed by atoms with Crippen molar-refractivity contribution in [2.45, 2.75) is 207 Å². The zero-order chi connectivity index (χ0) is 41.9. The smallest absolute Gasteiger partial charge is 0.253 e. The van der Waals surface area contributed by atoms with E-state index >= 15 is 0 Å². The van der Waals surface area contributed by atoms with Crippen LogP contribution in [0.15, 0.2) is 50.8 Å². The van der Waals surface area contributed by atoms with Crippen LogP contribution in [0.1, 0.15) is 212 Å². The molecule has 326 valence electrons. The molecular formula is C49H79N3O5S. The van der Waals surface area contributed by atoms with Gasteiger partial charge in [-0.15, -0.1) is 0 Å². The molecule has 1 N–H and O–H groups in total. The summed E-state index contributed by atoms with van der Waals surface area (Å²) in [5.41, 5.74) is 1.98. The number of aryl methyl sites for hydroxylation is 1. The number of pyridine rings is 1. The van der Waals surface area contributed by atoms with Gasteiger partial charge in [0.1, 0.15) is 11.5 Å². The van der Waals surface area contributed by atoms with Crippen LogP contribution in [0.3, 0.4) is 0 Å². The molecule has 58 heavy (non-hydrogen) atoms. The van der Waals surface area contributed by atoms with E-state index in [-0.39, 0.29) is 45.8 Å². The number of carbonyl (C=O) groups is 1. The Kier molecular flexibility index (Phi) is 24.8. The van der Waals surface area contributed by atoms with Gasteiger partial charge in [0.25, 0.3) is 10.0 Å². The highest BCUT2D eigenvalue weighted by Crippen LogP contribution is 2.39. The Labute approximate surface area is 353 Å². The van der Waals surface area contributed by atoms with Gasteiger partial charge < -0.3 is 9.84 Å².